The second-order valence-electron chi connectivity index (χ2n) is 5.43. The van der Waals surface area contributed by atoms with Gasteiger partial charge in [0.15, 0.2) is 0 Å². The van der Waals surface area contributed by atoms with E-state index in [1.165, 1.54) is 6.42 Å². The van der Waals surface area contributed by atoms with Gasteiger partial charge < -0.3 is 10.2 Å². The molecule has 3 heteroatoms. The van der Waals surface area contributed by atoms with Crippen LogP contribution in [0.4, 0.5) is 0 Å². The highest BCUT2D eigenvalue weighted by Gasteiger charge is 2.24. The number of carbonyl (C=O) groups excluding carboxylic acids is 1. The maximum absolute atomic E-state index is 12.0. The summed E-state index contributed by atoms with van der Waals surface area (Å²) >= 11 is 0. The Kier molecular flexibility index (Phi) is 5.26. The molecular weight excluding hydrogens is 200 g/mol. The van der Waals surface area contributed by atoms with Crippen LogP contribution < -0.4 is 5.32 Å². The molecule has 0 aromatic heterocycles. The summed E-state index contributed by atoms with van der Waals surface area (Å²) in [6.07, 6.45) is 2.32. The third kappa shape index (κ3) is 4.12. The summed E-state index contributed by atoms with van der Waals surface area (Å²) in [5.74, 6) is 1.56. The van der Waals surface area contributed by atoms with Crippen LogP contribution in [0, 0.1) is 11.8 Å². The van der Waals surface area contributed by atoms with E-state index in [1.54, 1.807) is 0 Å². The van der Waals surface area contributed by atoms with Crippen LogP contribution in [-0.4, -0.2) is 36.5 Å². The van der Waals surface area contributed by atoms with E-state index in [0.717, 1.165) is 19.5 Å². The number of amides is 1. The molecule has 1 heterocycles. The Bertz CT molecular complexity index is 220. The molecule has 1 aliphatic rings. The lowest BCUT2D eigenvalue weighted by Gasteiger charge is -2.35. The first kappa shape index (κ1) is 13.5. The lowest BCUT2D eigenvalue weighted by atomic mass is 9.92. The van der Waals surface area contributed by atoms with Crippen molar-refractivity contribution in [3.63, 3.8) is 0 Å². The van der Waals surface area contributed by atoms with Gasteiger partial charge in [-0.25, -0.2) is 0 Å². The molecule has 16 heavy (non-hydrogen) atoms. The van der Waals surface area contributed by atoms with Crippen LogP contribution in [0.15, 0.2) is 0 Å². The molecule has 0 aromatic rings. The van der Waals surface area contributed by atoms with Gasteiger partial charge in [0, 0.05) is 19.1 Å². The number of hydrogen-bond donors (Lipinski definition) is 1. The van der Waals surface area contributed by atoms with Crippen molar-refractivity contribution in [1.29, 1.82) is 0 Å². The predicted molar refractivity (Wildman–Crippen MR) is 67.3 cm³/mol. The fraction of sp³-hybridized carbons (Fsp3) is 0.923. The molecule has 94 valence electrons. The number of hydrogen-bond acceptors (Lipinski definition) is 2. The van der Waals surface area contributed by atoms with E-state index < -0.39 is 0 Å². The first-order valence-corrected chi connectivity index (χ1v) is 6.54. The Morgan fingerprint density at radius 2 is 1.94 bits per heavy atom. The molecule has 1 fully saturated rings. The van der Waals surface area contributed by atoms with E-state index in [1.807, 2.05) is 4.90 Å². The number of nitrogens with zero attached hydrogens (tertiary/aromatic N) is 1. The molecule has 3 nitrogen and oxygen atoms in total. The SMILES string of the molecule is CCC(C)NCC(=O)N1CC(C)CC(C)C1. The van der Waals surface area contributed by atoms with Crippen LogP contribution in [0.2, 0.25) is 0 Å². The van der Waals surface area contributed by atoms with E-state index in [0.29, 0.717) is 24.4 Å². The Hall–Kier alpha value is -0.570. The van der Waals surface area contributed by atoms with Crippen molar-refractivity contribution in [3.05, 3.63) is 0 Å². The summed E-state index contributed by atoms with van der Waals surface area (Å²) in [4.78, 5) is 14.0. The summed E-state index contributed by atoms with van der Waals surface area (Å²) in [5.41, 5.74) is 0. The van der Waals surface area contributed by atoms with E-state index in [-0.39, 0.29) is 5.91 Å². The highest BCUT2D eigenvalue weighted by Crippen LogP contribution is 2.20. The summed E-state index contributed by atoms with van der Waals surface area (Å²) in [7, 11) is 0. The van der Waals surface area contributed by atoms with E-state index in [9.17, 15) is 4.79 Å². The van der Waals surface area contributed by atoms with Crippen molar-refractivity contribution >= 4 is 5.91 Å². The quantitative estimate of drug-likeness (QED) is 0.794. The molecular formula is C13H26N2O. The van der Waals surface area contributed by atoms with Crippen LogP contribution >= 0.6 is 0 Å². The molecule has 0 aliphatic carbocycles. The molecule has 1 aliphatic heterocycles. The molecule has 1 amide bonds. The lowest BCUT2D eigenvalue weighted by molar-refractivity contribution is -0.133. The Balaban J connectivity index is 2.35. The molecule has 1 rings (SSSR count). The Labute approximate surface area is 99.6 Å². The molecule has 3 atom stereocenters. The maximum atomic E-state index is 12.0. The second-order valence-corrected chi connectivity index (χ2v) is 5.43. The molecule has 3 unspecified atom stereocenters. The third-order valence-corrected chi connectivity index (χ3v) is 3.44. The molecule has 1 saturated heterocycles. The van der Waals surface area contributed by atoms with Crippen molar-refractivity contribution < 1.29 is 4.79 Å². The highest BCUT2D eigenvalue weighted by molar-refractivity contribution is 5.78. The van der Waals surface area contributed by atoms with E-state index in [4.69, 9.17) is 0 Å². The Morgan fingerprint density at radius 1 is 1.38 bits per heavy atom. The number of piperidine rings is 1. The number of likely N-dealkylation sites (tertiary alicyclic amines) is 1. The van der Waals surface area contributed by atoms with Gasteiger partial charge in [-0.1, -0.05) is 20.8 Å². The summed E-state index contributed by atoms with van der Waals surface area (Å²) < 4.78 is 0. The minimum atomic E-state index is 0.263. The normalized spacial score (nSPS) is 27.9. The van der Waals surface area contributed by atoms with Crippen molar-refractivity contribution in [3.8, 4) is 0 Å². The maximum Gasteiger partial charge on any atom is 0.236 e. The predicted octanol–water partition coefficient (Wildman–Crippen LogP) is 1.88. The molecule has 0 bridgehead atoms. The van der Waals surface area contributed by atoms with Crippen LogP contribution in [0.1, 0.15) is 40.5 Å². The highest BCUT2D eigenvalue weighted by atomic mass is 16.2. The van der Waals surface area contributed by atoms with Crippen molar-refractivity contribution in [2.24, 2.45) is 11.8 Å². The first-order valence-electron chi connectivity index (χ1n) is 6.54. The van der Waals surface area contributed by atoms with Gasteiger partial charge in [-0.15, -0.1) is 0 Å². The monoisotopic (exact) mass is 226 g/mol. The van der Waals surface area contributed by atoms with Crippen molar-refractivity contribution in [2.45, 2.75) is 46.6 Å². The molecule has 0 saturated carbocycles. The van der Waals surface area contributed by atoms with Gasteiger partial charge in [-0.05, 0) is 31.6 Å². The third-order valence-electron chi connectivity index (χ3n) is 3.44. The average molecular weight is 226 g/mol. The van der Waals surface area contributed by atoms with E-state index in [2.05, 4.69) is 33.0 Å². The summed E-state index contributed by atoms with van der Waals surface area (Å²) in [5, 5.41) is 3.27. The number of rotatable bonds is 4. The molecule has 0 spiro atoms. The smallest absolute Gasteiger partial charge is 0.236 e. The lowest BCUT2D eigenvalue weighted by Crippen LogP contribution is -2.47. The van der Waals surface area contributed by atoms with Gasteiger partial charge >= 0.3 is 0 Å². The standard InChI is InChI=1S/C13H26N2O/c1-5-12(4)14-7-13(16)15-8-10(2)6-11(3)9-15/h10-12,14H,5-9H2,1-4H3. The zero-order chi connectivity index (χ0) is 12.1. The van der Waals surface area contributed by atoms with Gasteiger partial charge in [0.25, 0.3) is 0 Å². The second kappa shape index (κ2) is 6.24. The minimum Gasteiger partial charge on any atom is -0.341 e. The topological polar surface area (TPSA) is 32.3 Å². The van der Waals surface area contributed by atoms with Gasteiger partial charge in [0.2, 0.25) is 5.91 Å². The largest absolute Gasteiger partial charge is 0.341 e. The van der Waals surface area contributed by atoms with Gasteiger partial charge in [0.1, 0.15) is 0 Å². The van der Waals surface area contributed by atoms with Gasteiger partial charge in [-0.3, -0.25) is 4.79 Å². The van der Waals surface area contributed by atoms with E-state index >= 15 is 0 Å². The summed E-state index contributed by atoms with van der Waals surface area (Å²) in [6.45, 7) is 11.1. The number of carbonyl (C=O) groups is 1. The molecule has 0 aromatic carbocycles. The van der Waals surface area contributed by atoms with Gasteiger partial charge in [-0.2, -0.15) is 0 Å². The first-order chi connectivity index (χ1) is 7.52. The zero-order valence-electron chi connectivity index (χ0n) is 11.1. The average Bonchev–Trinajstić information content (AvgIpc) is 2.23. The fourth-order valence-corrected chi connectivity index (χ4v) is 2.38. The van der Waals surface area contributed by atoms with Crippen molar-refractivity contribution in [1.82, 2.24) is 10.2 Å². The van der Waals surface area contributed by atoms with Crippen LogP contribution in [0.25, 0.3) is 0 Å². The minimum absolute atomic E-state index is 0.263. The van der Waals surface area contributed by atoms with Crippen molar-refractivity contribution in [2.75, 3.05) is 19.6 Å². The summed E-state index contributed by atoms with van der Waals surface area (Å²) in [6, 6.07) is 0.434. The molecule has 0 radical (unpaired) electrons. The fourth-order valence-electron chi connectivity index (χ4n) is 2.38. The number of nitrogens with one attached hydrogen (secondary N) is 1. The van der Waals surface area contributed by atoms with Crippen LogP contribution in [0.3, 0.4) is 0 Å². The molecule has 1 N–H and O–H groups in total. The zero-order valence-corrected chi connectivity index (χ0v) is 11.1. The van der Waals surface area contributed by atoms with Gasteiger partial charge in [0.05, 0.1) is 6.54 Å². The Morgan fingerprint density at radius 3 is 2.44 bits per heavy atom. The van der Waals surface area contributed by atoms with Crippen LogP contribution in [0.5, 0.6) is 0 Å². The van der Waals surface area contributed by atoms with Crippen LogP contribution in [-0.2, 0) is 4.79 Å².